The number of carbonyl (C=O) groups excluding carboxylic acids is 2. The zero-order valence-electron chi connectivity index (χ0n) is 27.0. The molecule has 0 aromatic heterocycles. The van der Waals surface area contributed by atoms with Crippen molar-refractivity contribution in [3.8, 4) is 0 Å². The van der Waals surface area contributed by atoms with Crippen LogP contribution in [0.3, 0.4) is 0 Å². The van der Waals surface area contributed by atoms with Crippen LogP contribution in [0.1, 0.15) is 97.8 Å². The van der Waals surface area contributed by atoms with Crippen molar-refractivity contribution in [1.82, 2.24) is 0 Å². The molecule has 11 atom stereocenters. The Kier molecular flexibility index (Phi) is 11.5. The number of aliphatic carboxylic acids is 2. The molecule has 0 aromatic rings. The Bertz CT molecular complexity index is 1190. The maximum absolute atomic E-state index is 12.4. The van der Waals surface area contributed by atoms with Gasteiger partial charge in [0, 0.05) is 12.8 Å². The zero-order chi connectivity index (χ0) is 34.0. The van der Waals surface area contributed by atoms with E-state index in [1.54, 1.807) is 0 Å². The van der Waals surface area contributed by atoms with Crippen LogP contribution in [0.4, 0.5) is 4.79 Å². The largest absolute Gasteiger partial charge is 0.511 e. The highest BCUT2D eigenvalue weighted by Gasteiger charge is 2.63. The number of aliphatic hydroxyl groups excluding tert-OH is 1. The number of carboxylic acids is 2. The van der Waals surface area contributed by atoms with Crippen molar-refractivity contribution in [3.63, 3.8) is 0 Å². The molecular weight excluding hydrogens is 623 g/mol. The molecule has 4 saturated carbocycles. The molecule has 4 rings (SSSR count). The SMILES string of the molecule is C[C@H](CCC(=O)O)C1CCC2C3CC[C@@H]4C[C@H](OC(=O)OCOC(=O)CCC(CP(=O)(O)O)C(=O)O)CC[C@]4(C)C3C[C@H](O)[C@@]21C. The van der Waals surface area contributed by atoms with Gasteiger partial charge in [-0.15, -0.1) is 0 Å². The first-order valence-corrected chi connectivity index (χ1v) is 18.4. The van der Waals surface area contributed by atoms with Crippen molar-refractivity contribution >= 4 is 31.7 Å². The number of fused-ring (bicyclic) bond motifs is 5. The van der Waals surface area contributed by atoms with Gasteiger partial charge in [0.2, 0.25) is 6.79 Å². The highest BCUT2D eigenvalue weighted by molar-refractivity contribution is 7.51. The summed E-state index contributed by atoms with van der Waals surface area (Å²) in [5.74, 6) is -2.36. The summed E-state index contributed by atoms with van der Waals surface area (Å²) in [6, 6.07) is 0. The average molecular weight is 675 g/mol. The van der Waals surface area contributed by atoms with Gasteiger partial charge in [-0.1, -0.05) is 20.8 Å². The van der Waals surface area contributed by atoms with Crippen molar-refractivity contribution in [2.75, 3.05) is 13.0 Å². The van der Waals surface area contributed by atoms with Gasteiger partial charge in [-0.25, -0.2) is 4.79 Å². The maximum atomic E-state index is 12.4. The normalized spacial score (nSPS) is 36.7. The van der Waals surface area contributed by atoms with Crippen LogP contribution in [0.15, 0.2) is 0 Å². The summed E-state index contributed by atoms with van der Waals surface area (Å²) < 4.78 is 26.4. The monoisotopic (exact) mass is 674 g/mol. The molecule has 46 heavy (non-hydrogen) atoms. The molecule has 4 aliphatic rings. The minimum atomic E-state index is -4.57. The lowest BCUT2D eigenvalue weighted by Gasteiger charge is -2.62. The summed E-state index contributed by atoms with van der Waals surface area (Å²) in [5, 5.41) is 30.0. The van der Waals surface area contributed by atoms with E-state index < -0.39 is 63.1 Å². The van der Waals surface area contributed by atoms with Crippen molar-refractivity contribution in [1.29, 1.82) is 0 Å². The lowest BCUT2D eigenvalue weighted by molar-refractivity contribution is -0.177. The number of carboxylic acid groups (broad SMARTS) is 2. The number of ether oxygens (including phenoxy) is 3. The fourth-order valence-corrected chi connectivity index (χ4v) is 11.0. The Balaban J connectivity index is 1.25. The van der Waals surface area contributed by atoms with Crippen LogP contribution in [-0.2, 0) is 33.2 Å². The van der Waals surface area contributed by atoms with Crippen LogP contribution in [0.25, 0.3) is 0 Å². The van der Waals surface area contributed by atoms with Crippen LogP contribution >= 0.6 is 7.60 Å². The summed E-state index contributed by atoms with van der Waals surface area (Å²) in [4.78, 5) is 64.8. The van der Waals surface area contributed by atoms with Gasteiger partial charge in [0.05, 0.1) is 18.2 Å². The molecule has 5 N–H and O–H groups in total. The van der Waals surface area contributed by atoms with Gasteiger partial charge in [0.1, 0.15) is 6.10 Å². The summed E-state index contributed by atoms with van der Waals surface area (Å²) in [5.41, 5.74) is -0.207. The molecule has 13 nitrogen and oxygen atoms in total. The molecule has 4 fully saturated rings. The predicted octanol–water partition coefficient (Wildman–Crippen LogP) is 4.80. The summed E-state index contributed by atoms with van der Waals surface area (Å²) >= 11 is 0. The molecule has 0 aromatic carbocycles. The smallest absolute Gasteiger partial charge is 0.481 e. The van der Waals surface area contributed by atoms with Gasteiger partial charge >= 0.3 is 31.7 Å². The molecule has 14 heteroatoms. The maximum Gasteiger partial charge on any atom is 0.511 e. The third kappa shape index (κ3) is 8.08. The second-order valence-electron chi connectivity index (χ2n) is 14.8. The molecular formula is C32H51O13P. The summed E-state index contributed by atoms with van der Waals surface area (Å²) in [6.07, 6.45) is 4.42. The van der Waals surface area contributed by atoms with Crippen molar-refractivity contribution in [2.24, 2.45) is 52.3 Å². The molecule has 0 amide bonds. The Morgan fingerprint density at radius 2 is 1.63 bits per heavy atom. The highest BCUT2D eigenvalue weighted by atomic mass is 31.2. The molecule has 0 aliphatic heterocycles. The Labute approximate surface area is 269 Å². The Hall–Kier alpha value is -2.21. The highest BCUT2D eigenvalue weighted by Crippen LogP contribution is 2.68. The average Bonchev–Trinajstić information content (AvgIpc) is 3.32. The number of aliphatic hydroxyl groups is 1. The van der Waals surface area contributed by atoms with E-state index in [-0.39, 0.29) is 35.7 Å². The van der Waals surface area contributed by atoms with Crippen molar-refractivity contribution in [3.05, 3.63) is 0 Å². The molecule has 0 bridgehead atoms. The summed E-state index contributed by atoms with van der Waals surface area (Å²) in [6.45, 7) is 5.99. The van der Waals surface area contributed by atoms with Crippen LogP contribution in [-0.4, -0.2) is 74.3 Å². The molecule has 262 valence electrons. The number of rotatable bonds is 13. The van der Waals surface area contributed by atoms with Gasteiger partial charge in [-0.05, 0) is 111 Å². The van der Waals surface area contributed by atoms with Gasteiger partial charge < -0.3 is 39.3 Å². The van der Waals surface area contributed by atoms with Crippen molar-refractivity contribution < 1.29 is 63.1 Å². The van der Waals surface area contributed by atoms with Crippen LogP contribution in [0.5, 0.6) is 0 Å². The van der Waals surface area contributed by atoms with E-state index in [2.05, 4.69) is 20.8 Å². The predicted molar refractivity (Wildman–Crippen MR) is 162 cm³/mol. The first kappa shape index (κ1) is 36.6. The minimum absolute atomic E-state index is 0.00510. The van der Waals surface area contributed by atoms with E-state index in [9.17, 15) is 34.0 Å². The van der Waals surface area contributed by atoms with Gasteiger partial charge in [0.15, 0.2) is 0 Å². The van der Waals surface area contributed by atoms with E-state index >= 15 is 0 Å². The number of hydrogen-bond acceptors (Lipinski definition) is 9. The number of hydrogen-bond donors (Lipinski definition) is 5. The lowest BCUT2D eigenvalue weighted by Crippen LogP contribution is -2.59. The van der Waals surface area contributed by atoms with Gasteiger partial charge in [0.25, 0.3) is 0 Å². The standard InChI is InChI=1S/C32H51O13P/c1-18(4-10-27(34)35)23-8-9-24-22-7-6-20-14-21(12-13-31(20,2)25(22)15-26(33)32(23,24)3)45-30(39)44-17-43-28(36)11-5-19(29(37)38)16-46(40,41)42/h18-26,33H,4-17H2,1-3H3,(H,34,35)(H,37,38)(H2,40,41,42)/t18-,19?,20-,21-,22?,23?,24?,25?,26+,31+,32-/m1/s1. The molecule has 5 unspecified atom stereocenters. The van der Waals surface area contributed by atoms with E-state index in [1.807, 2.05) is 0 Å². The van der Waals surface area contributed by atoms with Gasteiger partial charge in [-0.2, -0.15) is 0 Å². The number of esters is 1. The Morgan fingerprint density at radius 1 is 0.913 bits per heavy atom. The topological polar surface area (TPSA) is 214 Å². The third-order valence-corrected chi connectivity index (χ3v) is 13.4. The minimum Gasteiger partial charge on any atom is -0.481 e. The van der Waals surface area contributed by atoms with E-state index in [0.29, 0.717) is 48.9 Å². The van der Waals surface area contributed by atoms with Crippen LogP contribution < -0.4 is 0 Å². The molecule has 0 spiro atoms. The summed E-state index contributed by atoms with van der Waals surface area (Å²) in [7, 11) is -4.57. The van der Waals surface area contributed by atoms with Crippen molar-refractivity contribution in [2.45, 2.75) is 110 Å². The second kappa shape index (κ2) is 14.5. The first-order chi connectivity index (χ1) is 21.5. The molecule has 4 aliphatic carbocycles. The Morgan fingerprint density at radius 3 is 2.28 bits per heavy atom. The first-order valence-electron chi connectivity index (χ1n) is 16.6. The van der Waals surface area contributed by atoms with Gasteiger partial charge in [-0.3, -0.25) is 18.9 Å². The fourth-order valence-electron chi connectivity index (χ4n) is 10.1. The van der Waals surface area contributed by atoms with E-state index in [1.165, 1.54) is 0 Å². The lowest BCUT2D eigenvalue weighted by atomic mass is 9.43. The van der Waals surface area contributed by atoms with Crippen LogP contribution in [0.2, 0.25) is 0 Å². The fraction of sp³-hybridized carbons (Fsp3) is 0.875. The molecule has 0 saturated heterocycles. The third-order valence-electron chi connectivity index (χ3n) is 12.5. The van der Waals surface area contributed by atoms with E-state index in [4.69, 9.17) is 29.1 Å². The second-order valence-corrected chi connectivity index (χ2v) is 16.5. The quantitative estimate of drug-likeness (QED) is 0.101. The zero-order valence-corrected chi connectivity index (χ0v) is 27.9. The van der Waals surface area contributed by atoms with E-state index in [0.717, 1.165) is 38.5 Å². The number of carbonyl (C=O) groups is 4. The van der Waals surface area contributed by atoms with Crippen LogP contribution in [0, 0.1) is 52.3 Å². The molecule has 0 radical (unpaired) electrons. The molecule has 0 heterocycles.